The van der Waals surface area contributed by atoms with Crippen molar-refractivity contribution in [3.8, 4) is 17.2 Å². The Balaban J connectivity index is 1.42. The van der Waals surface area contributed by atoms with Crippen molar-refractivity contribution in [3.05, 3.63) is 101 Å². The fraction of sp³-hybridized carbons (Fsp3) is 0.160. The molecule has 0 saturated carbocycles. The molecule has 4 aromatic rings. The van der Waals surface area contributed by atoms with Gasteiger partial charge >= 0.3 is 0 Å². The Labute approximate surface area is 201 Å². The summed E-state index contributed by atoms with van der Waals surface area (Å²) in [5, 5.41) is 18.2. The largest absolute Gasteiger partial charge is 0.471 e. The second-order valence-electron chi connectivity index (χ2n) is 7.96. The van der Waals surface area contributed by atoms with E-state index in [1.165, 1.54) is 40.7 Å². The molecular weight excluding hydrogens is 450 g/mol. The Kier molecular flexibility index (Phi) is 7.01. The fourth-order valence-electron chi connectivity index (χ4n) is 3.20. The number of carbonyl (C=O) groups excluding carboxylic acids is 1. The number of pyridine rings is 1. The number of nitrogens with zero attached hydrogens (tertiary/aromatic N) is 4. The third kappa shape index (κ3) is 6.20. The number of anilines is 1. The van der Waals surface area contributed by atoms with E-state index >= 15 is 0 Å². The molecule has 0 radical (unpaired) electrons. The predicted octanol–water partition coefficient (Wildman–Crippen LogP) is 5.39. The molecule has 0 aliphatic rings. The van der Waals surface area contributed by atoms with E-state index in [-0.39, 0.29) is 29.5 Å². The molecule has 0 fully saturated rings. The molecule has 2 aromatic carbocycles. The normalized spacial score (nSPS) is 10.7. The number of nitro benzene ring substituents is 1. The Hall–Kier alpha value is -4.73. The van der Waals surface area contributed by atoms with Crippen molar-refractivity contribution in [2.75, 3.05) is 5.32 Å². The number of rotatable bonds is 9. The van der Waals surface area contributed by atoms with Gasteiger partial charge in [-0.25, -0.2) is 4.68 Å². The van der Waals surface area contributed by atoms with E-state index in [4.69, 9.17) is 9.47 Å². The van der Waals surface area contributed by atoms with Gasteiger partial charge < -0.3 is 14.8 Å². The predicted molar refractivity (Wildman–Crippen MR) is 129 cm³/mol. The molecule has 2 aromatic heterocycles. The lowest BCUT2D eigenvalue weighted by Crippen LogP contribution is -2.14. The number of hydrogen-bond acceptors (Lipinski definition) is 7. The maximum atomic E-state index is 12.7. The Morgan fingerprint density at radius 1 is 1.09 bits per heavy atom. The summed E-state index contributed by atoms with van der Waals surface area (Å²) < 4.78 is 12.8. The van der Waals surface area contributed by atoms with Gasteiger partial charge in [0.25, 0.3) is 11.6 Å². The quantitative estimate of drug-likeness (QED) is 0.255. The van der Waals surface area contributed by atoms with Crippen molar-refractivity contribution in [2.24, 2.45) is 0 Å². The molecule has 35 heavy (non-hydrogen) atoms. The van der Waals surface area contributed by atoms with Gasteiger partial charge in [-0.15, -0.1) is 0 Å². The highest BCUT2D eigenvalue weighted by molar-refractivity contribution is 6.03. The van der Waals surface area contributed by atoms with E-state index in [0.29, 0.717) is 17.4 Å². The molecule has 1 N–H and O–H groups in total. The summed E-state index contributed by atoms with van der Waals surface area (Å²) in [6.07, 6.45) is 4.67. The number of carbonyl (C=O) groups is 1. The Morgan fingerprint density at radius 2 is 1.89 bits per heavy atom. The second-order valence-corrected chi connectivity index (χ2v) is 7.96. The van der Waals surface area contributed by atoms with Crippen LogP contribution < -0.4 is 14.8 Å². The maximum Gasteiger partial charge on any atom is 0.276 e. The number of ether oxygens (including phenoxy) is 2. The van der Waals surface area contributed by atoms with Gasteiger partial charge in [0.15, 0.2) is 12.4 Å². The third-order valence-corrected chi connectivity index (χ3v) is 5.01. The molecule has 0 unspecified atom stereocenters. The minimum atomic E-state index is -0.564. The first-order chi connectivity index (χ1) is 16.9. The zero-order valence-electron chi connectivity index (χ0n) is 19.1. The van der Waals surface area contributed by atoms with Gasteiger partial charge in [0.05, 0.1) is 22.9 Å². The van der Waals surface area contributed by atoms with Crippen LogP contribution in [0.3, 0.4) is 0 Å². The van der Waals surface area contributed by atoms with Gasteiger partial charge in [0, 0.05) is 24.5 Å². The fourth-order valence-corrected chi connectivity index (χ4v) is 3.20. The van der Waals surface area contributed by atoms with Crippen LogP contribution in [-0.4, -0.2) is 25.6 Å². The molecular formula is C25H23N5O5. The van der Waals surface area contributed by atoms with Crippen molar-refractivity contribution in [1.29, 1.82) is 0 Å². The average molecular weight is 473 g/mol. The Morgan fingerprint density at radius 3 is 2.57 bits per heavy atom. The standard InChI is InChI=1S/C25H23N5O5/c1-17(2)18-5-7-21(8-6-18)34-16-29-11-9-24(28-29)25(31)27-19-12-20(30(32)33)14-23(13-19)35-22-4-3-10-26-15-22/h3-15,17H,16H2,1-2H3,(H,27,31). The first-order valence-corrected chi connectivity index (χ1v) is 10.8. The number of amides is 1. The van der Waals surface area contributed by atoms with Crippen LogP contribution in [0.15, 0.2) is 79.3 Å². The van der Waals surface area contributed by atoms with Crippen LogP contribution >= 0.6 is 0 Å². The van der Waals surface area contributed by atoms with Gasteiger partial charge in [-0.1, -0.05) is 26.0 Å². The van der Waals surface area contributed by atoms with Crippen LogP contribution in [0.1, 0.15) is 35.8 Å². The van der Waals surface area contributed by atoms with E-state index in [9.17, 15) is 14.9 Å². The maximum absolute atomic E-state index is 12.7. The number of nitrogens with one attached hydrogen (secondary N) is 1. The molecule has 1 amide bonds. The molecule has 2 heterocycles. The minimum absolute atomic E-state index is 0.119. The monoisotopic (exact) mass is 473 g/mol. The molecule has 0 aliphatic heterocycles. The lowest BCUT2D eigenvalue weighted by Gasteiger charge is -2.09. The van der Waals surface area contributed by atoms with E-state index in [2.05, 4.69) is 29.2 Å². The summed E-state index contributed by atoms with van der Waals surface area (Å²) in [5.41, 5.74) is 1.30. The zero-order valence-corrected chi connectivity index (χ0v) is 19.1. The molecule has 178 valence electrons. The van der Waals surface area contributed by atoms with Gasteiger partial charge in [0.1, 0.15) is 17.2 Å². The number of hydrogen-bond donors (Lipinski definition) is 1. The Bertz CT molecular complexity index is 1320. The van der Waals surface area contributed by atoms with Crippen molar-refractivity contribution in [3.63, 3.8) is 0 Å². The molecule has 0 saturated heterocycles. The van der Waals surface area contributed by atoms with Crippen LogP contribution in [0.2, 0.25) is 0 Å². The van der Waals surface area contributed by atoms with Gasteiger partial charge in [-0.3, -0.25) is 19.9 Å². The summed E-state index contributed by atoms with van der Waals surface area (Å²) in [7, 11) is 0. The zero-order chi connectivity index (χ0) is 24.8. The average Bonchev–Trinajstić information content (AvgIpc) is 3.33. The summed E-state index contributed by atoms with van der Waals surface area (Å²) >= 11 is 0. The van der Waals surface area contributed by atoms with Crippen molar-refractivity contribution < 1.29 is 19.2 Å². The molecule has 10 nitrogen and oxygen atoms in total. The number of non-ortho nitro benzene ring substituents is 1. The van der Waals surface area contributed by atoms with Crippen LogP contribution in [0, 0.1) is 10.1 Å². The minimum Gasteiger partial charge on any atom is -0.471 e. The van der Waals surface area contributed by atoms with E-state index in [1.807, 2.05) is 24.3 Å². The highest BCUT2D eigenvalue weighted by Crippen LogP contribution is 2.29. The topological polar surface area (TPSA) is 121 Å². The molecule has 0 spiro atoms. The molecule has 0 atom stereocenters. The lowest BCUT2D eigenvalue weighted by molar-refractivity contribution is -0.384. The number of aromatic nitrogens is 3. The summed E-state index contributed by atoms with van der Waals surface area (Å²) in [5.74, 6) is 1.18. The molecule has 10 heteroatoms. The number of nitro groups is 1. The summed E-state index contributed by atoms with van der Waals surface area (Å²) in [6.45, 7) is 4.36. The summed E-state index contributed by atoms with van der Waals surface area (Å²) in [4.78, 5) is 27.4. The van der Waals surface area contributed by atoms with Crippen molar-refractivity contribution in [1.82, 2.24) is 14.8 Å². The third-order valence-electron chi connectivity index (χ3n) is 5.01. The molecule has 0 aliphatic carbocycles. The lowest BCUT2D eigenvalue weighted by atomic mass is 10.0. The van der Waals surface area contributed by atoms with Crippen LogP contribution in [-0.2, 0) is 6.73 Å². The van der Waals surface area contributed by atoms with E-state index in [0.717, 1.165) is 0 Å². The van der Waals surface area contributed by atoms with E-state index in [1.54, 1.807) is 24.5 Å². The smallest absolute Gasteiger partial charge is 0.276 e. The highest BCUT2D eigenvalue weighted by atomic mass is 16.6. The van der Waals surface area contributed by atoms with Gasteiger partial charge in [-0.05, 0) is 41.8 Å². The van der Waals surface area contributed by atoms with E-state index < -0.39 is 10.8 Å². The van der Waals surface area contributed by atoms with Crippen LogP contribution in [0.5, 0.6) is 17.2 Å². The van der Waals surface area contributed by atoms with Crippen molar-refractivity contribution >= 4 is 17.3 Å². The van der Waals surface area contributed by atoms with Gasteiger partial charge in [-0.2, -0.15) is 5.10 Å². The van der Waals surface area contributed by atoms with Gasteiger partial charge in [0.2, 0.25) is 0 Å². The first-order valence-electron chi connectivity index (χ1n) is 10.8. The summed E-state index contributed by atoms with van der Waals surface area (Å²) in [6, 6.07) is 16.7. The number of benzene rings is 2. The second kappa shape index (κ2) is 10.5. The molecule has 0 bridgehead atoms. The SMILES string of the molecule is CC(C)c1ccc(OCn2ccc(C(=O)Nc3cc(Oc4cccnc4)cc([N+](=O)[O-])c3)n2)cc1. The van der Waals surface area contributed by atoms with Crippen molar-refractivity contribution in [2.45, 2.75) is 26.5 Å². The molecule has 4 rings (SSSR count). The highest BCUT2D eigenvalue weighted by Gasteiger charge is 2.16. The van der Waals surface area contributed by atoms with Crippen LogP contribution in [0.4, 0.5) is 11.4 Å². The van der Waals surface area contributed by atoms with Crippen LogP contribution in [0.25, 0.3) is 0 Å². The first kappa shape index (κ1) is 23.4.